The molecule has 80 valence electrons. The van der Waals surface area contributed by atoms with E-state index in [-0.39, 0.29) is 5.71 Å². The van der Waals surface area contributed by atoms with Crippen molar-refractivity contribution in [1.82, 2.24) is 9.80 Å². The van der Waals surface area contributed by atoms with E-state index in [2.05, 4.69) is 9.53 Å². The quantitative estimate of drug-likeness (QED) is 0.197. The van der Waals surface area contributed by atoms with Gasteiger partial charge in [-0.3, -0.25) is 9.80 Å². The minimum atomic E-state index is -0.639. The first kappa shape index (κ1) is 12.8. The lowest BCUT2D eigenvalue weighted by Crippen LogP contribution is -2.50. The average Bonchev–Trinajstić information content (AvgIpc) is 2.11. The first-order valence-electron chi connectivity index (χ1n) is 4.08. The molecule has 0 spiro atoms. The number of carbonyl (C=O) groups excluding carboxylic acids is 1. The maximum atomic E-state index is 11.2. The topological polar surface area (TPSA) is 69.2 Å². The van der Waals surface area contributed by atoms with Crippen LogP contribution in [-0.2, 0) is 9.53 Å². The van der Waals surface area contributed by atoms with E-state index in [1.807, 2.05) is 0 Å². The van der Waals surface area contributed by atoms with Crippen LogP contribution in [0.25, 0.3) is 5.53 Å². The van der Waals surface area contributed by atoms with Gasteiger partial charge in [-0.15, -0.1) is 0 Å². The molecule has 0 aliphatic carbocycles. The highest BCUT2D eigenvalue weighted by atomic mass is 16.5. The number of hydrogen-bond donors (Lipinski definition) is 0. The molecular weight excluding hydrogens is 184 g/mol. The molecule has 0 aromatic heterocycles. The minimum Gasteiger partial charge on any atom is -0.460 e. The summed E-state index contributed by atoms with van der Waals surface area (Å²) in [6.45, 7) is 0. The van der Waals surface area contributed by atoms with Crippen molar-refractivity contribution in [2.24, 2.45) is 0 Å². The van der Waals surface area contributed by atoms with E-state index < -0.39 is 12.1 Å². The Morgan fingerprint density at radius 3 is 1.93 bits per heavy atom. The number of ether oxygens (including phenoxy) is 1. The monoisotopic (exact) mass is 200 g/mol. The van der Waals surface area contributed by atoms with Crippen molar-refractivity contribution in [3.63, 3.8) is 0 Å². The fourth-order valence-electron chi connectivity index (χ4n) is 1.25. The number of carbonyl (C=O) groups is 1. The largest absolute Gasteiger partial charge is 0.460 e. The fraction of sp³-hybridized carbons (Fsp3) is 0.750. The van der Waals surface area contributed by atoms with Gasteiger partial charge in [-0.1, -0.05) is 0 Å². The van der Waals surface area contributed by atoms with Gasteiger partial charge in [0.05, 0.1) is 7.11 Å². The molecule has 0 rings (SSSR count). The normalized spacial score (nSPS) is 10.6. The van der Waals surface area contributed by atoms with Gasteiger partial charge in [-0.2, -0.15) is 4.79 Å². The molecule has 0 aliphatic rings. The van der Waals surface area contributed by atoms with Crippen LogP contribution < -0.4 is 0 Å². The Kier molecular flexibility index (Phi) is 5.01. The number of methoxy groups -OCH3 is 1. The SMILES string of the molecule is COC(=O)C(=[N+]=[N-])C(N(C)C)N(C)C. The third-order valence-electron chi connectivity index (χ3n) is 1.73. The minimum absolute atomic E-state index is 0.0394. The van der Waals surface area contributed by atoms with Crippen LogP contribution in [0.3, 0.4) is 0 Å². The van der Waals surface area contributed by atoms with Crippen molar-refractivity contribution in [3.8, 4) is 0 Å². The van der Waals surface area contributed by atoms with Crippen molar-refractivity contribution in [1.29, 1.82) is 0 Å². The Labute approximate surface area is 83.7 Å². The predicted molar refractivity (Wildman–Crippen MR) is 51.8 cm³/mol. The average molecular weight is 200 g/mol. The highest BCUT2D eigenvalue weighted by Crippen LogP contribution is 2.00. The molecule has 6 heteroatoms. The molecule has 0 N–H and O–H groups in total. The summed E-state index contributed by atoms with van der Waals surface area (Å²) in [5, 5.41) is 0. The van der Waals surface area contributed by atoms with Crippen molar-refractivity contribution < 1.29 is 14.3 Å². The van der Waals surface area contributed by atoms with Crippen LogP contribution in [-0.4, -0.2) is 67.7 Å². The van der Waals surface area contributed by atoms with Crippen LogP contribution in [0.2, 0.25) is 0 Å². The van der Waals surface area contributed by atoms with Crippen molar-refractivity contribution in [2.75, 3.05) is 35.3 Å². The third kappa shape index (κ3) is 2.92. The van der Waals surface area contributed by atoms with Crippen LogP contribution in [0, 0.1) is 0 Å². The molecule has 0 heterocycles. The molecule has 0 saturated heterocycles. The zero-order valence-electron chi connectivity index (χ0n) is 9.18. The molecular formula is C8H16N4O2. The molecule has 0 atom stereocenters. The lowest BCUT2D eigenvalue weighted by Gasteiger charge is -2.25. The molecule has 14 heavy (non-hydrogen) atoms. The summed E-state index contributed by atoms with van der Waals surface area (Å²) in [7, 11) is 8.35. The Bertz CT molecular complexity index is 248. The van der Waals surface area contributed by atoms with E-state index in [0.717, 1.165) is 0 Å². The molecule has 0 aromatic rings. The van der Waals surface area contributed by atoms with Crippen LogP contribution in [0.1, 0.15) is 0 Å². The molecule has 0 aromatic carbocycles. The second-order valence-electron chi connectivity index (χ2n) is 3.28. The number of rotatable bonds is 4. The van der Waals surface area contributed by atoms with Crippen LogP contribution in [0.4, 0.5) is 0 Å². The summed E-state index contributed by atoms with van der Waals surface area (Å²) in [5.74, 6) is -0.639. The molecule has 0 saturated carbocycles. The van der Waals surface area contributed by atoms with Crippen LogP contribution >= 0.6 is 0 Å². The van der Waals surface area contributed by atoms with Gasteiger partial charge in [0.2, 0.25) is 0 Å². The van der Waals surface area contributed by atoms with Gasteiger partial charge in [-0.05, 0) is 28.2 Å². The van der Waals surface area contributed by atoms with Crippen LogP contribution in [0.15, 0.2) is 0 Å². The number of nitrogens with zero attached hydrogens (tertiary/aromatic N) is 4. The van der Waals surface area contributed by atoms with E-state index in [1.54, 1.807) is 38.0 Å². The van der Waals surface area contributed by atoms with Crippen molar-refractivity contribution >= 4 is 11.7 Å². The number of hydrogen-bond acceptors (Lipinski definition) is 4. The van der Waals surface area contributed by atoms with Gasteiger partial charge in [0.1, 0.15) is 0 Å². The van der Waals surface area contributed by atoms with E-state index in [9.17, 15) is 4.79 Å². The second-order valence-corrected chi connectivity index (χ2v) is 3.28. The fourth-order valence-corrected chi connectivity index (χ4v) is 1.25. The van der Waals surface area contributed by atoms with E-state index in [1.165, 1.54) is 7.11 Å². The zero-order valence-corrected chi connectivity index (χ0v) is 9.18. The molecule has 0 radical (unpaired) electrons. The molecule has 0 aliphatic heterocycles. The Balaban J connectivity index is 4.98. The van der Waals surface area contributed by atoms with Gasteiger partial charge in [0.25, 0.3) is 0 Å². The summed E-state index contributed by atoms with van der Waals surface area (Å²) in [6.07, 6.45) is -0.410. The molecule has 0 fully saturated rings. The van der Waals surface area contributed by atoms with E-state index >= 15 is 0 Å². The summed E-state index contributed by atoms with van der Waals surface area (Å²) >= 11 is 0. The Morgan fingerprint density at radius 2 is 1.71 bits per heavy atom. The Hall–Kier alpha value is -1.23. The predicted octanol–water partition coefficient (Wildman–Crippen LogP) is -0.720. The third-order valence-corrected chi connectivity index (χ3v) is 1.73. The first-order valence-corrected chi connectivity index (χ1v) is 4.08. The zero-order chi connectivity index (χ0) is 11.3. The van der Waals surface area contributed by atoms with Crippen LogP contribution in [0.5, 0.6) is 0 Å². The maximum Gasteiger partial charge on any atom is 0.419 e. The molecule has 0 amide bonds. The van der Waals surface area contributed by atoms with Gasteiger partial charge in [0, 0.05) is 0 Å². The van der Waals surface area contributed by atoms with Gasteiger partial charge in [0.15, 0.2) is 6.17 Å². The summed E-state index contributed by atoms with van der Waals surface area (Å²) in [5.41, 5.74) is 8.69. The van der Waals surface area contributed by atoms with Crippen molar-refractivity contribution in [3.05, 3.63) is 5.53 Å². The standard InChI is InChI=1S/C8H16N4O2/c1-11(2)7(12(3)4)6(10-9)8(13)14-5/h7H,1-5H3. The number of esters is 1. The smallest absolute Gasteiger partial charge is 0.419 e. The highest BCUT2D eigenvalue weighted by molar-refractivity contribution is 6.35. The summed E-state index contributed by atoms with van der Waals surface area (Å²) in [6, 6.07) is 0. The van der Waals surface area contributed by atoms with E-state index in [4.69, 9.17) is 5.53 Å². The summed E-state index contributed by atoms with van der Waals surface area (Å²) < 4.78 is 4.50. The van der Waals surface area contributed by atoms with Crippen molar-refractivity contribution in [2.45, 2.75) is 6.17 Å². The Morgan fingerprint density at radius 1 is 1.29 bits per heavy atom. The lowest BCUT2D eigenvalue weighted by molar-refractivity contribution is -0.139. The van der Waals surface area contributed by atoms with E-state index in [0.29, 0.717) is 0 Å². The second kappa shape index (κ2) is 5.49. The lowest BCUT2D eigenvalue weighted by atomic mass is 10.2. The van der Waals surface area contributed by atoms with Gasteiger partial charge >= 0.3 is 11.7 Å². The van der Waals surface area contributed by atoms with Gasteiger partial charge in [-0.25, -0.2) is 4.79 Å². The van der Waals surface area contributed by atoms with Gasteiger partial charge < -0.3 is 10.3 Å². The highest BCUT2D eigenvalue weighted by Gasteiger charge is 2.35. The summed E-state index contributed by atoms with van der Waals surface area (Å²) in [4.78, 5) is 17.7. The molecule has 6 nitrogen and oxygen atoms in total. The molecule has 0 bridgehead atoms. The maximum absolute atomic E-state index is 11.2. The first-order chi connectivity index (χ1) is 6.45. The molecule has 0 unspecified atom stereocenters.